The fourth-order valence-corrected chi connectivity index (χ4v) is 5.57. The van der Waals surface area contributed by atoms with Crippen LogP contribution in [0.1, 0.15) is 61.8 Å². The quantitative estimate of drug-likeness (QED) is 0.460. The summed E-state index contributed by atoms with van der Waals surface area (Å²) in [7, 11) is 2.09. The van der Waals surface area contributed by atoms with Crippen molar-refractivity contribution in [2.24, 2.45) is 0 Å². The average Bonchev–Trinajstić information content (AvgIpc) is 3.11. The number of nitrogens with zero attached hydrogens (tertiary/aromatic N) is 1. The van der Waals surface area contributed by atoms with Gasteiger partial charge in [0.2, 0.25) is 0 Å². The monoisotopic (exact) mass is 460 g/mol. The maximum atomic E-state index is 15.4. The van der Waals surface area contributed by atoms with E-state index in [0.717, 1.165) is 29.7 Å². The molecule has 0 spiro atoms. The highest BCUT2D eigenvalue weighted by Crippen LogP contribution is 2.47. The van der Waals surface area contributed by atoms with Crippen molar-refractivity contribution in [3.8, 4) is 0 Å². The van der Waals surface area contributed by atoms with Gasteiger partial charge in [0.05, 0.1) is 5.60 Å². The minimum Gasteiger partial charge on any atom is -0.386 e. The lowest BCUT2D eigenvalue weighted by molar-refractivity contribution is 0.124. The highest BCUT2D eigenvalue weighted by molar-refractivity contribution is 5.77. The van der Waals surface area contributed by atoms with Gasteiger partial charge in [-0.15, -0.1) is 0 Å². The van der Waals surface area contributed by atoms with E-state index in [4.69, 9.17) is 0 Å². The van der Waals surface area contributed by atoms with Gasteiger partial charge in [0, 0.05) is 36.1 Å². The lowest BCUT2D eigenvalue weighted by Gasteiger charge is -2.34. The fourth-order valence-electron chi connectivity index (χ4n) is 5.57. The maximum absolute atomic E-state index is 15.4. The molecule has 4 heteroatoms. The minimum absolute atomic E-state index is 0.243. The first-order valence-electron chi connectivity index (χ1n) is 12.2. The van der Waals surface area contributed by atoms with Crippen molar-refractivity contribution >= 4 is 16.9 Å². The zero-order valence-corrected chi connectivity index (χ0v) is 21.2. The number of allylic oxidation sites excluding steroid dienone is 3. The molecule has 1 aliphatic heterocycles. The molecule has 1 aliphatic carbocycles. The normalized spacial score (nSPS) is 22.0. The number of aliphatic hydroxyl groups is 1. The van der Waals surface area contributed by atoms with Crippen LogP contribution < -0.4 is 10.2 Å². The first-order valence-corrected chi connectivity index (χ1v) is 12.2. The lowest BCUT2D eigenvalue weighted by Crippen LogP contribution is -2.42. The largest absolute Gasteiger partial charge is 0.386 e. The molecule has 180 valence electrons. The molecule has 0 amide bonds. The number of halogens is 1. The van der Waals surface area contributed by atoms with Crippen molar-refractivity contribution in [3.05, 3.63) is 88.8 Å². The minimum atomic E-state index is -1.01. The van der Waals surface area contributed by atoms with Crippen LogP contribution in [0.4, 0.5) is 15.8 Å². The highest BCUT2D eigenvalue weighted by Gasteiger charge is 2.42. The van der Waals surface area contributed by atoms with E-state index >= 15 is 4.39 Å². The molecule has 4 rings (SSSR count). The first-order chi connectivity index (χ1) is 16.0. The van der Waals surface area contributed by atoms with Crippen LogP contribution in [0.5, 0.6) is 0 Å². The fraction of sp³-hybridized carbons (Fsp3) is 0.400. The van der Waals surface area contributed by atoms with Crippen LogP contribution in [0.15, 0.2) is 60.7 Å². The number of hydrogen-bond donors (Lipinski definition) is 2. The molecule has 1 saturated carbocycles. The van der Waals surface area contributed by atoms with E-state index in [1.165, 1.54) is 16.8 Å². The average molecular weight is 461 g/mol. The first kappa shape index (κ1) is 24.3. The standard InChI is InChI=1S/C30H37FN2O/c1-8-21(13-12-20(4)30(5,6)34)23-14-19(3)27(17-24(23)31)33(7)28-16-22-15-26(28)32-25-11-9-10-18(2)29(22)25/h8-14,17,22,26,28,32,34H,4,15-16H2,1-3,5-7H3/b13-12-,21-8+. The van der Waals surface area contributed by atoms with E-state index in [1.54, 1.807) is 26.0 Å². The third-order valence-corrected chi connectivity index (χ3v) is 7.64. The second kappa shape index (κ2) is 9.07. The summed E-state index contributed by atoms with van der Waals surface area (Å²) in [5, 5.41) is 13.9. The molecule has 1 fully saturated rings. The Hall–Kier alpha value is -2.85. The third kappa shape index (κ3) is 4.44. The Labute approximate surface area is 203 Å². The molecule has 2 aromatic rings. The number of hydrogen-bond acceptors (Lipinski definition) is 3. The van der Waals surface area contributed by atoms with E-state index in [9.17, 15) is 5.11 Å². The summed E-state index contributed by atoms with van der Waals surface area (Å²) in [6.45, 7) is 13.4. The number of rotatable bonds is 6. The molecule has 0 saturated heterocycles. The van der Waals surface area contributed by atoms with Crippen LogP contribution in [0, 0.1) is 19.7 Å². The summed E-state index contributed by atoms with van der Waals surface area (Å²) >= 11 is 0. The molecule has 2 N–H and O–H groups in total. The number of likely N-dealkylation sites (N-methyl/N-ethyl adjacent to an activating group) is 1. The molecular formula is C30H37FN2O. The number of fused-ring (bicyclic) bond motifs is 4. The zero-order chi connectivity index (χ0) is 24.8. The SMILES string of the molecule is C=C(/C=C\C(=C/C)c1cc(C)c(N(C)C2CC3CC2Nc2cccc(C)c23)cc1F)C(C)(C)O. The summed E-state index contributed by atoms with van der Waals surface area (Å²) in [5.74, 6) is 0.301. The Balaban J connectivity index is 1.59. The second-order valence-corrected chi connectivity index (χ2v) is 10.4. The Kier molecular flexibility index (Phi) is 6.48. The van der Waals surface area contributed by atoms with Gasteiger partial charge in [0.15, 0.2) is 0 Å². The number of nitrogens with one attached hydrogen (secondary N) is 1. The number of benzene rings is 2. The van der Waals surface area contributed by atoms with E-state index in [-0.39, 0.29) is 5.82 Å². The number of aryl methyl sites for hydroxylation is 2. The van der Waals surface area contributed by atoms with Gasteiger partial charge in [-0.05, 0) is 99.4 Å². The van der Waals surface area contributed by atoms with Gasteiger partial charge in [-0.1, -0.05) is 36.9 Å². The molecule has 2 aromatic carbocycles. The van der Waals surface area contributed by atoms with E-state index in [1.807, 2.05) is 25.1 Å². The van der Waals surface area contributed by atoms with Gasteiger partial charge in [-0.2, -0.15) is 0 Å². The molecule has 2 bridgehead atoms. The maximum Gasteiger partial charge on any atom is 0.133 e. The topological polar surface area (TPSA) is 35.5 Å². The van der Waals surface area contributed by atoms with E-state index in [0.29, 0.717) is 29.1 Å². The van der Waals surface area contributed by atoms with Crippen molar-refractivity contribution in [2.75, 3.05) is 17.3 Å². The third-order valence-electron chi connectivity index (χ3n) is 7.64. The van der Waals surface area contributed by atoms with Crippen LogP contribution in [0.2, 0.25) is 0 Å². The van der Waals surface area contributed by atoms with Crippen molar-refractivity contribution < 1.29 is 9.50 Å². The van der Waals surface area contributed by atoms with Gasteiger partial charge in [-0.3, -0.25) is 0 Å². The Bertz CT molecular complexity index is 1170. The predicted octanol–water partition coefficient (Wildman–Crippen LogP) is 6.91. The van der Waals surface area contributed by atoms with Gasteiger partial charge in [-0.25, -0.2) is 4.39 Å². The molecule has 2 aliphatic rings. The van der Waals surface area contributed by atoms with E-state index < -0.39 is 5.60 Å². The van der Waals surface area contributed by atoms with Gasteiger partial charge in [0.25, 0.3) is 0 Å². The molecule has 0 aromatic heterocycles. The summed E-state index contributed by atoms with van der Waals surface area (Å²) in [6, 6.07) is 10.8. The summed E-state index contributed by atoms with van der Waals surface area (Å²) in [6.07, 6.45) is 7.65. The Morgan fingerprint density at radius 3 is 2.59 bits per heavy atom. The zero-order valence-electron chi connectivity index (χ0n) is 21.2. The molecule has 3 unspecified atom stereocenters. The summed E-state index contributed by atoms with van der Waals surface area (Å²) in [5.41, 5.74) is 6.93. The van der Waals surface area contributed by atoms with Crippen LogP contribution >= 0.6 is 0 Å². The second-order valence-electron chi connectivity index (χ2n) is 10.4. The smallest absolute Gasteiger partial charge is 0.133 e. The van der Waals surface area contributed by atoms with Gasteiger partial charge in [0.1, 0.15) is 5.82 Å². The lowest BCUT2D eigenvalue weighted by atomic mass is 9.89. The van der Waals surface area contributed by atoms with Crippen LogP contribution in [-0.2, 0) is 0 Å². The van der Waals surface area contributed by atoms with Crippen molar-refractivity contribution in [1.29, 1.82) is 0 Å². The molecular weight excluding hydrogens is 423 g/mol. The summed E-state index contributed by atoms with van der Waals surface area (Å²) < 4.78 is 15.4. The predicted molar refractivity (Wildman–Crippen MR) is 142 cm³/mol. The summed E-state index contributed by atoms with van der Waals surface area (Å²) in [4.78, 5) is 2.27. The van der Waals surface area contributed by atoms with Crippen molar-refractivity contribution in [1.82, 2.24) is 0 Å². The van der Waals surface area contributed by atoms with Crippen LogP contribution in [0.25, 0.3) is 5.57 Å². The molecule has 3 nitrogen and oxygen atoms in total. The van der Waals surface area contributed by atoms with Crippen LogP contribution in [-0.4, -0.2) is 29.8 Å². The molecule has 3 atom stereocenters. The molecule has 1 heterocycles. The number of anilines is 2. The van der Waals surface area contributed by atoms with Crippen molar-refractivity contribution in [3.63, 3.8) is 0 Å². The highest BCUT2D eigenvalue weighted by atomic mass is 19.1. The molecule has 0 radical (unpaired) electrons. The Morgan fingerprint density at radius 2 is 1.91 bits per heavy atom. The van der Waals surface area contributed by atoms with Gasteiger partial charge >= 0.3 is 0 Å². The molecule has 34 heavy (non-hydrogen) atoms. The van der Waals surface area contributed by atoms with Gasteiger partial charge < -0.3 is 15.3 Å². The van der Waals surface area contributed by atoms with Crippen molar-refractivity contribution in [2.45, 2.75) is 71.1 Å². The van der Waals surface area contributed by atoms with Crippen LogP contribution in [0.3, 0.4) is 0 Å². The van der Waals surface area contributed by atoms with E-state index in [2.05, 4.69) is 55.9 Å². The Morgan fingerprint density at radius 1 is 1.18 bits per heavy atom.